The number of ether oxygens (including phenoxy) is 1. The molecule has 0 saturated heterocycles. The van der Waals surface area contributed by atoms with E-state index in [2.05, 4.69) is 15.3 Å². The van der Waals surface area contributed by atoms with Crippen molar-refractivity contribution < 1.29 is 13.9 Å². The van der Waals surface area contributed by atoms with Crippen molar-refractivity contribution in [2.24, 2.45) is 0 Å². The minimum atomic E-state index is -0.356. The Labute approximate surface area is 166 Å². The Bertz CT molecular complexity index is 1110. The Morgan fingerprint density at radius 2 is 1.59 bits per heavy atom. The SMILES string of the molecule is O=C(Nc1ccc(F)cc1)c1ccc(-c2nccc(Oc3ccccc3)n2)cc1. The van der Waals surface area contributed by atoms with Gasteiger partial charge in [-0.05, 0) is 48.5 Å². The third-order valence-electron chi connectivity index (χ3n) is 4.10. The van der Waals surface area contributed by atoms with Gasteiger partial charge in [-0.1, -0.05) is 30.3 Å². The first kappa shape index (κ1) is 18.3. The first-order valence-electron chi connectivity index (χ1n) is 8.91. The highest BCUT2D eigenvalue weighted by atomic mass is 19.1. The van der Waals surface area contributed by atoms with Gasteiger partial charge in [0.15, 0.2) is 5.82 Å². The third kappa shape index (κ3) is 4.62. The molecule has 0 atom stereocenters. The van der Waals surface area contributed by atoms with Crippen molar-refractivity contribution in [3.8, 4) is 23.0 Å². The molecule has 0 fully saturated rings. The molecule has 1 heterocycles. The molecule has 4 rings (SSSR count). The quantitative estimate of drug-likeness (QED) is 0.504. The van der Waals surface area contributed by atoms with Crippen molar-refractivity contribution in [3.63, 3.8) is 0 Å². The largest absolute Gasteiger partial charge is 0.439 e. The summed E-state index contributed by atoms with van der Waals surface area (Å²) in [6, 6.07) is 23.5. The molecule has 3 aromatic carbocycles. The summed E-state index contributed by atoms with van der Waals surface area (Å²) in [6.07, 6.45) is 1.62. The number of nitrogens with one attached hydrogen (secondary N) is 1. The summed E-state index contributed by atoms with van der Waals surface area (Å²) in [5, 5.41) is 2.72. The summed E-state index contributed by atoms with van der Waals surface area (Å²) in [4.78, 5) is 21.0. The van der Waals surface area contributed by atoms with E-state index in [0.29, 0.717) is 28.7 Å². The summed E-state index contributed by atoms with van der Waals surface area (Å²) in [5.41, 5.74) is 1.74. The predicted octanol–water partition coefficient (Wildman–Crippen LogP) is 5.33. The predicted molar refractivity (Wildman–Crippen MR) is 108 cm³/mol. The van der Waals surface area contributed by atoms with Gasteiger partial charge < -0.3 is 10.1 Å². The molecule has 0 unspecified atom stereocenters. The minimum absolute atomic E-state index is 0.287. The molecule has 6 heteroatoms. The average Bonchev–Trinajstić information content (AvgIpc) is 2.76. The number of rotatable bonds is 5. The fourth-order valence-electron chi connectivity index (χ4n) is 2.65. The van der Waals surface area contributed by atoms with E-state index in [4.69, 9.17) is 4.74 Å². The van der Waals surface area contributed by atoms with E-state index >= 15 is 0 Å². The molecule has 4 aromatic rings. The highest BCUT2D eigenvalue weighted by Gasteiger charge is 2.09. The van der Waals surface area contributed by atoms with E-state index < -0.39 is 0 Å². The van der Waals surface area contributed by atoms with Crippen LogP contribution in [0.25, 0.3) is 11.4 Å². The summed E-state index contributed by atoms with van der Waals surface area (Å²) in [5.74, 6) is 0.962. The Morgan fingerprint density at radius 3 is 2.31 bits per heavy atom. The lowest BCUT2D eigenvalue weighted by atomic mass is 10.1. The number of hydrogen-bond donors (Lipinski definition) is 1. The molecule has 0 radical (unpaired) electrons. The Kier molecular flexibility index (Phi) is 5.25. The van der Waals surface area contributed by atoms with Crippen LogP contribution in [0, 0.1) is 5.82 Å². The van der Waals surface area contributed by atoms with Crippen molar-refractivity contribution in [1.82, 2.24) is 9.97 Å². The zero-order valence-corrected chi connectivity index (χ0v) is 15.2. The molecule has 1 amide bonds. The number of para-hydroxylation sites is 1. The number of hydrogen-bond acceptors (Lipinski definition) is 4. The van der Waals surface area contributed by atoms with E-state index in [1.54, 1.807) is 36.5 Å². The number of anilines is 1. The summed E-state index contributed by atoms with van der Waals surface area (Å²) in [7, 11) is 0. The number of carbonyl (C=O) groups is 1. The number of nitrogens with zero attached hydrogens (tertiary/aromatic N) is 2. The van der Waals surface area contributed by atoms with E-state index in [1.807, 2.05) is 30.3 Å². The van der Waals surface area contributed by atoms with E-state index in [-0.39, 0.29) is 11.7 Å². The van der Waals surface area contributed by atoms with Crippen LogP contribution in [0.2, 0.25) is 0 Å². The number of benzene rings is 3. The molecule has 0 saturated carbocycles. The van der Waals surface area contributed by atoms with Gasteiger partial charge in [0, 0.05) is 29.1 Å². The monoisotopic (exact) mass is 385 g/mol. The lowest BCUT2D eigenvalue weighted by molar-refractivity contribution is 0.102. The third-order valence-corrected chi connectivity index (χ3v) is 4.10. The van der Waals surface area contributed by atoms with Gasteiger partial charge in [0.1, 0.15) is 11.6 Å². The topological polar surface area (TPSA) is 64.1 Å². The van der Waals surface area contributed by atoms with Crippen molar-refractivity contribution in [3.05, 3.63) is 103 Å². The normalized spacial score (nSPS) is 10.4. The van der Waals surface area contributed by atoms with Crippen molar-refractivity contribution >= 4 is 11.6 Å². The fourth-order valence-corrected chi connectivity index (χ4v) is 2.65. The van der Waals surface area contributed by atoms with Crippen LogP contribution in [0.5, 0.6) is 11.6 Å². The van der Waals surface area contributed by atoms with Crippen molar-refractivity contribution in [2.45, 2.75) is 0 Å². The van der Waals surface area contributed by atoms with Crippen LogP contribution in [0.15, 0.2) is 91.1 Å². The molecule has 0 aliphatic carbocycles. The van der Waals surface area contributed by atoms with Crippen LogP contribution in [-0.2, 0) is 0 Å². The smallest absolute Gasteiger partial charge is 0.255 e. The number of carbonyl (C=O) groups excluding carboxylic acids is 1. The number of halogens is 1. The second kappa shape index (κ2) is 8.31. The maximum atomic E-state index is 13.0. The molecule has 0 aliphatic rings. The highest BCUT2D eigenvalue weighted by Crippen LogP contribution is 2.22. The summed E-state index contributed by atoms with van der Waals surface area (Å²) in [6.45, 7) is 0. The molecule has 29 heavy (non-hydrogen) atoms. The molecule has 1 aromatic heterocycles. The van der Waals surface area contributed by atoms with Gasteiger partial charge in [-0.3, -0.25) is 4.79 Å². The zero-order chi connectivity index (χ0) is 20.1. The number of amides is 1. The molecule has 0 spiro atoms. The Morgan fingerprint density at radius 1 is 0.862 bits per heavy atom. The molecule has 0 aliphatic heterocycles. The van der Waals surface area contributed by atoms with Gasteiger partial charge in [0.2, 0.25) is 5.88 Å². The molecule has 0 bridgehead atoms. The van der Waals surface area contributed by atoms with Crippen LogP contribution in [0.3, 0.4) is 0 Å². The lowest BCUT2D eigenvalue weighted by Gasteiger charge is -2.07. The summed E-state index contributed by atoms with van der Waals surface area (Å²) >= 11 is 0. The minimum Gasteiger partial charge on any atom is -0.439 e. The lowest BCUT2D eigenvalue weighted by Crippen LogP contribution is -2.11. The molecule has 1 N–H and O–H groups in total. The zero-order valence-electron chi connectivity index (χ0n) is 15.2. The van der Waals surface area contributed by atoms with Gasteiger partial charge in [-0.2, -0.15) is 4.98 Å². The van der Waals surface area contributed by atoms with Crippen LogP contribution in [0.1, 0.15) is 10.4 Å². The maximum absolute atomic E-state index is 13.0. The summed E-state index contributed by atoms with van der Waals surface area (Å²) < 4.78 is 18.7. The van der Waals surface area contributed by atoms with Gasteiger partial charge >= 0.3 is 0 Å². The fraction of sp³-hybridized carbons (Fsp3) is 0. The Hall–Kier alpha value is -4.06. The molecule has 5 nitrogen and oxygen atoms in total. The average molecular weight is 385 g/mol. The standard InChI is InChI=1S/C23H16FN3O2/c24-18-10-12-19(13-11-18)26-23(28)17-8-6-16(7-9-17)22-25-15-14-21(27-22)29-20-4-2-1-3-5-20/h1-15H,(H,26,28). The van der Waals surface area contributed by atoms with Crippen molar-refractivity contribution in [1.29, 1.82) is 0 Å². The first-order chi connectivity index (χ1) is 14.2. The first-order valence-corrected chi connectivity index (χ1v) is 8.91. The van der Waals surface area contributed by atoms with Gasteiger partial charge in [0.05, 0.1) is 0 Å². The van der Waals surface area contributed by atoms with E-state index in [9.17, 15) is 9.18 Å². The molecular weight excluding hydrogens is 369 g/mol. The van der Waals surface area contributed by atoms with E-state index in [0.717, 1.165) is 5.56 Å². The van der Waals surface area contributed by atoms with Gasteiger partial charge in [-0.25, -0.2) is 9.37 Å². The van der Waals surface area contributed by atoms with Gasteiger partial charge in [0.25, 0.3) is 5.91 Å². The molecular formula is C23H16FN3O2. The van der Waals surface area contributed by atoms with E-state index in [1.165, 1.54) is 24.3 Å². The second-order valence-corrected chi connectivity index (χ2v) is 6.17. The van der Waals surface area contributed by atoms with Gasteiger partial charge in [-0.15, -0.1) is 0 Å². The van der Waals surface area contributed by atoms with Crippen molar-refractivity contribution in [2.75, 3.05) is 5.32 Å². The molecule has 142 valence electrons. The maximum Gasteiger partial charge on any atom is 0.255 e. The van der Waals surface area contributed by atoms with Crippen LogP contribution in [0.4, 0.5) is 10.1 Å². The number of aromatic nitrogens is 2. The second-order valence-electron chi connectivity index (χ2n) is 6.17. The van der Waals surface area contributed by atoms with Crippen LogP contribution in [-0.4, -0.2) is 15.9 Å². The van der Waals surface area contributed by atoms with Crippen LogP contribution >= 0.6 is 0 Å². The van der Waals surface area contributed by atoms with Crippen LogP contribution < -0.4 is 10.1 Å². The highest BCUT2D eigenvalue weighted by molar-refractivity contribution is 6.04. The Balaban J connectivity index is 1.48.